The number of aryl methyl sites for hydroxylation is 1. The summed E-state index contributed by atoms with van der Waals surface area (Å²) in [6, 6.07) is 0.219. The average molecular weight is 307 g/mol. The summed E-state index contributed by atoms with van der Waals surface area (Å²) in [7, 11) is 1.87. The van der Waals surface area contributed by atoms with E-state index >= 15 is 0 Å². The van der Waals surface area contributed by atoms with Crippen LogP contribution in [0.1, 0.15) is 61.0 Å². The van der Waals surface area contributed by atoms with Crippen molar-refractivity contribution in [1.82, 2.24) is 15.1 Å². The van der Waals surface area contributed by atoms with Crippen molar-refractivity contribution in [1.29, 1.82) is 0 Å². The fourth-order valence-corrected chi connectivity index (χ4v) is 3.75. The van der Waals surface area contributed by atoms with Crippen molar-refractivity contribution in [3.05, 3.63) is 17.0 Å². The Kier molecular flexibility index (Phi) is 4.23. The first-order chi connectivity index (χ1) is 10.5. The van der Waals surface area contributed by atoms with E-state index in [1.807, 2.05) is 20.9 Å². The second kappa shape index (κ2) is 6.01. The van der Waals surface area contributed by atoms with Gasteiger partial charge in [0.25, 0.3) is 5.91 Å². The van der Waals surface area contributed by atoms with E-state index in [1.165, 1.54) is 0 Å². The molecule has 0 spiro atoms. The van der Waals surface area contributed by atoms with Crippen LogP contribution in [0.2, 0.25) is 0 Å². The highest BCUT2D eigenvalue weighted by atomic mass is 16.5. The topological polar surface area (TPSA) is 76.4 Å². The summed E-state index contributed by atoms with van der Waals surface area (Å²) < 4.78 is 7.60. The molecule has 1 aromatic rings. The highest BCUT2D eigenvalue weighted by Gasteiger charge is 2.34. The second-order valence-corrected chi connectivity index (χ2v) is 6.65. The Morgan fingerprint density at radius 3 is 2.86 bits per heavy atom. The SMILES string of the molecule is C[C@@H]1Cc2c(C(=O)NC3CC(CCO)C3)nn(C)c2[C@H](C)O1. The normalized spacial score (nSPS) is 30.5. The Hall–Kier alpha value is -1.40. The van der Waals surface area contributed by atoms with Crippen molar-refractivity contribution >= 4 is 5.91 Å². The molecule has 1 aliphatic heterocycles. The lowest BCUT2D eigenvalue weighted by Gasteiger charge is -2.35. The van der Waals surface area contributed by atoms with Crippen LogP contribution >= 0.6 is 0 Å². The molecular weight excluding hydrogens is 282 g/mol. The van der Waals surface area contributed by atoms with Gasteiger partial charge in [0.15, 0.2) is 5.69 Å². The van der Waals surface area contributed by atoms with Crippen LogP contribution in [0.4, 0.5) is 0 Å². The summed E-state index contributed by atoms with van der Waals surface area (Å²) in [5, 5.41) is 16.4. The molecule has 6 heteroatoms. The van der Waals surface area contributed by atoms with Gasteiger partial charge < -0.3 is 15.2 Å². The fourth-order valence-electron chi connectivity index (χ4n) is 3.75. The molecule has 2 atom stereocenters. The number of nitrogens with one attached hydrogen (secondary N) is 1. The number of aromatic nitrogens is 2. The predicted molar refractivity (Wildman–Crippen MR) is 81.6 cm³/mol. The van der Waals surface area contributed by atoms with Crippen molar-refractivity contribution in [2.75, 3.05) is 6.61 Å². The number of carbonyl (C=O) groups excluding carboxylic acids is 1. The van der Waals surface area contributed by atoms with Crippen LogP contribution in [0, 0.1) is 5.92 Å². The summed E-state index contributed by atoms with van der Waals surface area (Å²) in [5.41, 5.74) is 2.58. The van der Waals surface area contributed by atoms with Gasteiger partial charge >= 0.3 is 0 Å². The van der Waals surface area contributed by atoms with Crippen LogP contribution in [-0.4, -0.2) is 39.5 Å². The van der Waals surface area contributed by atoms with Gasteiger partial charge in [-0.05, 0) is 39.0 Å². The summed E-state index contributed by atoms with van der Waals surface area (Å²) in [6.07, 6.45) is 3.55. The van der Waals surface area contributed by atoms with E-state index in [-0.39, 0.29) is 30.8 Å². The predicted octanol–water partition coefficient (Wildman–Crippen LogP) is 1.33. The Morgan fingerprint density at radius 1 is 1.45 bits per heavy atom. The first-order valence-electron chi connectivity index (χ1n) is 8.12. The molecule has 0 aromatic carbocycles. The Labute approximate surface area is 130 Å². The summed E-state index contributed by atoms with van der Waals surface area (Å²) >= 11 is 0. The highest BCUT2D eigenvalue weighted by molar-refractivity contribution is 5.94. The number of hydrogen-bond donors (Lipinski definition) is 2. The Bertz CT molecular complexity index is 563. The van der Waals surface area contributed by atoms with E-state index in [0.29, 0.717) is 11.6 Å². The molecule has 122 valence electrons. The van der Waals surface area contributed by atoms with Crippen molar-refractivity contribution < 1.29 is 14.6 Å². The van der Waals surface area contributed by atoms with Gasteiger partial charge in [-0.1, -0.05) is 0 Å². The number of aliphatic hydroxyl groups excluding tert-OH is 1. The van der Waals surface area contributed by atoms with Gasteiger partial charge in [0.1, 0.15) is 0 Å². The highest BCUT2D eigenvalue weighted by Crippen LogP contribution is 2.33. The molecule has 22 heavy (non-hydrogen) atoms. The van der Waals surface area contributed by atoms with E-state index in [9.17, 15) is 4.79 Å². The number of carbonyl (C=O) groups is 1. The van der Waals surface area contributed by atoms with Crippen LogP contribution < -0.4 is 5.32 Å². The lowest BCUT2D eigenvalue weighted by Crippen LogP contribution is -2.45. The first kappa shape index (κ1) is 15.5. The smallest absolute Gasteiger partial charge is 0.272 e. The van der Waals surface area contributed by atoms with Gasteiger partial charge in [0.05, 0.1) is 17.9 Å². The minimum Gasteiger partial charge on any atom is -0.396 e. The number of hydrogen-bond acceptors (Lipinski definition) is 4. The Morgan fingerprint density at radius 2 is 2.18 bits per heavy atom. The maximum absolute atomic E-state index is 12.5. The summed E-state index contributed by atoms with van der Waals surface area (Å²) in [5.74, 6) is 0.465. The van der Waals surface area contributed by atoms with E-state index in [1.54, 1.807) is 4.68 Å². The molecule has 6 nitrogen and oxygen atoms in total. The lowest BCUT2D eigenvalue weighted by molar-refractivity contribution is -0.00903. The van der Waals surface area contributed by atoms with Gasteiger partial charge in [-0.3, -0.25) is 9.48 Å². The number of fused-ring (bicyclic) bond motifs is 1. The number of amides is 1. The third kappa shape index (κ3) is 2.77. The molecule has 1 aliphatic carbocycles. The van der Waals surface area contributed by atoms with Gasteiger partial charge in [0, 0.05) is 31.7 Å². The zero-order valence-electron chi connectivity index (χ0n) is 13.5. The van der Waals surface area contributed by atoms with Gasteiger partial charge in [-0.25, -0.2) is 0 Å². The number of rotatable bonds is 4. The minimum absolute atomic E-state index is 0.0320. The van der Waals surface area contributed by atoms with Crippen LogP contribution in [0.15, 0.2) is 0 Å². The second-order valence-electron chi connectivity index (χ2n) is 6.65. The maximum atomic E-state index is 12.5. The molecular formula is C16H25N3O3. The standard InChI is InChI=1S/C16H25N3O3/c1-9-6-13-14(18-19(3)15(13)10(2)22-9)16(21)17-12-7-11(8-12)4-5-20/h9-12,20H,4-8H2,1-3H3,(H,17,21)/t9-,10+,11?,12?/m1/s1. The van der Waals surface area contributed by atoms with Gasteiger partial charge in [-0.15, -0.1) is 0 Å². The van der Waals surface area contributed by atoms with E-state index in [2.05, 4.69) is 10.4 Å². The quantitative estimate of drug-likeness (QED) is 0.880. The molecule has 2 N–H and O–H groups in total. The molecule has 2 heterocycles. The van der Waals surface area contributed by atoms with Crippen LogP contribution in [-0.2, 0) is 18.2 Å². The summed E-state index contributed by atoms with van der Waals surface area (Å²) in [4.78, 5) is 12.5. The summed E-state index contributed by atoms with van der Waals surface area (Å²) in [6.45, 7) is 4.26. The van der Waals surface area contributed by atoms with Crippen LogP contribution in [0.5, 0.6) is 0 Å². The van der Waals surface area contributed by atoms with Crippen LogP contribution in [0.25, 0.3) is 0 Å². The van der Waals surface area contributed by atoms with Crippen molar-refractivity contribution in [3.63, 3.8) is 0 Å². The zero-order chi connectivity index (χ0) is 15.9. The largest absolute Gasteiger partial charge is 0.396 e. The third-order valence-corrected chi connectivity index (χ3v) is 4.83. The number of ether oxygens (including phenoxy) is 1. The average Bonchev–Trinajstić information content (AvgIpc) is 2.73. The molecule has 0 bridgehead atoms. The molecule has 2 aliphatic rings. The van der Waals surface area contributed by atoms with Gasteiger partial charge in [-0.2, -0.15) is 5.10 Å². The fraction of sp³-hybridized carbons (Fsp3) is 0.750. The van der Waals surface area contributed by atoms with Gasteiger partial charge in [0.2, 0.25) is 0 Å². The Balaban J connectivity index is 1.70. The molecule has 1 saturated carbocycles. The van der Waals surface area contributed by atoms with E-state index in [0.717, 1.165) is 36.9 Å². The molecule has 3 rings (SSSR count). The third-order valence-electron chi connectivity index (χ3n) is 4.83. The first-order valence-corrected chi connectivity index (χ1v) is 8.12. The lowest BCUT2D eigenvalue weighted by atomic mass is 9.78. The van der Waals surface area contributed by atoms with Crippen molar-refractivity contribution in [2.45, 2.75) is 57.8 Å². The molecule has 0 saturated heterocycles. The van der Waals surface area contributed by atoms with Crippen molar-refractivity contribution in [2.24, 2.45) is 13.0 Å². The monoisotopic (exact) mass is 307 g/mol. The van der Waals surface area contributed by atoms with E-state index in [4.69, 9.17) is 9.84 Å². The molecule has 1 amide bonds. The molecule has 1 aromatic heterocycles. The van der Waals surface area contributed by atoms with Crippen molar-refractivity contribution in [3.8, 4) is 0 Å². The zero-order valence-corrected chi connectivity index (χ0v) is 13.5. The molecule has 0 radical (unpaired) electrons. The maximum Gasteiger partial charge on any atom is 0.272 e. The number of nitrogens with zero attached hydrogens (tertiary/aromatic N) is 2. The van der Waals surface area contributed by atoms with Crippen LogP contribution in [0.3, 0.4) is 0 Å². The number of aliphatic hydroxyl groups is 1. The minimum atomic E-state index is -0.0781. The molecule has 1 fully saturated rings. The van der Waals surface area contributed by atoms with E-state index < -0.39 is 0 Å². The molecule has 0 unspecified atom stereocenters.